The number of urea groups is 1. The summed E-state index contributed by atoms with van der Waals surface area (Å²) in [5, 5.41) is 16.4. The second kappa shape index (κ2) is 11.3. The van der Waals surface area contributed by atoms with Crippen molar-refractivity contribution in [2.75, 3.05) is 18.5 Å². The first kappa shape index (κ1) is 25.4. The van der Waals surface area contributed by atoms with Gasteiger partial charge in [0.25, 0.3) is 5.91 Å². The molecule has 0 bridgehead atoms. The Hall–Kier alpha value is -2.74. The molecule has 1 aliphatic rings. The number of benzene rings is 2. The van der Waals surface area contributed by atoms with Crippen LogP contribution in [0.4, 0.5) is 10.5 Å². The number of rotatable bonds is 9. The zero-order chi connectivity index (χ0) is 24.9. The Labute approximate surface area is 223 Å². The van der Waals surface area contributed by atoms with E-state index in [1.54, 1.807) is 53.4 Å². The van der Waals surface area contributed by atoms with Crippen LogP contribution in [0.5, 0.6) is 5.75 Å². The first-order valence-electron chi connectivity index (χ1n) is 10.5. The maximum absolute atomic E-state index is 13.4. The number of imide groups is 1. The van der Waals surface area contributed by atoms with Gasteiger partial charge in [-0.1, -0.05) is 23.7 Å². The number of halogens is 2. The molecule has 2 heterocycles. The van der Waals surface area contributed by atoms with Crippen molar-refractivity contribution in [1.29, 1.82) is 0 Å². The highest BCUT2D eigenvalue weighted by Crippen LogP contribution is 2.28. The lowest BCUT2D eigenvalue weighted by molar-refractivity contribution is -0.134. The van der Waals surface area contributed by atoms with E-state index in [1.807, 2.05) is 0 Å². The van der Waals surface area contributed by atoms with Gasteiger partial charge in [-0.25, -0.2) is 14.7 Å². The number of carbonyl (C=O) groups excluding carboxylic acids is 3. The summed E-state index contributed by atoms with van der Waals surface area (Å²) in [7, 11) is 0. The number of aliphatic hydroxyl groups excluding tert-OH is 1. The zero-order valence-corrected chi connectivity index (χ0v) is 21.8. The quantitative estimate of drug-likeness (QED) is 0.247. The van der Waals surface area contributed by atoms with E-state index in [2.05, 4.69) is 38.2 Å². The summed E-state index contributed by atoms with van der Waals surface area (Å²) in [4.78, 5) is 44.8. The molecule has 2 unspecified atom stereocenters. The van der Waals surface area contributed by atoms with E-state index in [0.717, 1.165) is 8.47 Å². The molecular formula is C23H20ClIN4O5S. The Morgan fingerprint density at radius 1 is 1.29 bits per heavy atom. The van der Waals surface area contributed by atoms with Gasteiger partial charge in [-0.05, 0) is 58.5 Å². The summed E-state index contributed by atoms with van der Waals surface area (Å²) in [6.45, 7) is 0.0218. The van der Waals surface area contributed by atoms with Gasteiger partial charge < -0.3 is 20.5 Å². The lowest BCUT2D eigenvalue weighted by atomic mass is 10.0. The summed E-state index contributed by atoms with van der Waals surface area (Å²) in [6.07, 6.45) is 0.0527. The van der Waals surface area contributed by atoms with E-state index in [-0.39, 0.29) is 19.6 Å². The first-order chi connectivity index (χ1) is 16.9. The number of aliphatic hydroxyl groups is 1. The van der Waals surface area contributed by atoms with Crippen LogP contribution in [0.25, 0.3) is 0 Å². The molecule has 0 aliphatic carbocycles. The Balaban J connectivity index is 1.58. The van der Waals surface area contributed by atoms with Crippen LogP contribution in [-0.2, 0) is 16.0 Å². The highest BCUT2D eigenvalue weighted by atomic mass is 127. The lowest BCUT2D eigenvalue weighted by Gasteiger charge is -2.24. The molecule has 0 spiro atoms. The van der Waals surface area contributed by atoms with Crippen molar-refractivity contribution in [2.45, 2.75) is 18.5 Å². The number of anilines is 1. The molecule has 4 amide bonds. The van der Waals surface area contributed by atoms with Crippen LogP contribution in [0.2, 0.25) is 5.02 Å². The Morgan fingerprint density at radius 3 is 2.71 bits per heavy atom. The van der Waals surface area contributed by atoms with E-state index in [9.17, 15) is 14.4 Å². The number of nitrogens with zero attached hydrogens (tertiary/aromatic N) is 2. The second-order valence-electron chi connectivity index (χ2n) is 7.54. The van der Waals surface area contributed by atoms with Gasteiger partial charge in [0, 0.05) is 15.4 Å². The molecule has 1 aliphatic heterocycles. The smallest absolute Gasteiger partial charge is 0.325 e. The molecule has 0 saturated carbocycles. The molecule has 35 heavy (non-hydrogen) atoms. The van der Waals surface area contributed by atoms with Crippen LogP contribution >= 0.6 is 45.5 Å². The van der Waals surface area contributed by atoms with Gasteiger partial charge in [0.1, 0.15) is 24.4 Å². The fourth-order valence-corrected chi connectivity index (χ4v) is 5.05. The fraction of sp³-hybridized carbons (Fsp3) is 0.217. The monoisotopic (exact) mass is 626 g/mol. The van der Waals surface area contributed by atoms with Crippen LogP contribution in [0.1, 0.15) is 17.3 Å². The van der Waals surface area contributed by atoms with Crippen LogP contribution in [0, 0.1) is 3.57 Å². The summed E-state index contributed by atoms with van der Waals surface area (Å²) >= 11 is 9.73. The van der Waals surface area contributed by atoms with Gasteiger partial charge in [-0.3, -0.25) is 9.59 Å². The van der Waals surface area contributed by atoms with Crippen molar-refractivity contribution in [3.63, 3.8) is 0 Å². The van der Waals surface area contributed by atoms with Crippen LogP contribution < -0.4 is 15.4 Å². The van der Waals surface area contributed by atoms with E-state index in [0.29, 0.717) is 27.7 Å². The number of ether oxygens (including phenoxy) is 1. The largest absolute Gasteiger partial charge is 0.491 e. The average Bonchev–Trinajstić information content (AvgIpc) is 3.46. The second-order valence-corrected chi connectivity index (χ2v) is 9.92. The molecule has 3 aromatic rings. The summed E-state index contributed by atoms with van der Waals surface area (Å²) < 4.78 is 6.24. The molecule has 0 radical (unpaired) electrons. The molecular weight excluding hydrogens is 607 g/mol. The molecule has 1 saturated heterocycles. The number of hydrogen-bond donors (Lipinski definition) is 3. The molecule has 2 atom stereocenters. The van der Waals surface area contributed by atoms with E-state index in [4.69, 9.17) is 21.4 Å². The van der Waals surface area contributed by atoms with Crippen molar-refractivity contribution >= 4 is 69.1 Å². The van der Waals surface area contributed by atoms with Gasteiger partial charge in [0.05, 0.1) is 28.5 Å². The van der Waals surface area contributed by atoms with Crippen molar-refractivity contribution < 1.29 is 24.2 Å². The zero-order valence-electron chi connectivity index (χ0n) is 18.1. The topological polar surface area (TPSA) is 121 Å². The van der Waals surface area contributed by atoms with Gasteiger partial charge in [-0.15, -0.1) is 11.3 Å². The molecule has 3 N–H and O–H groups in total. The van der Waals surface area contributed by atoms with E-state index in [1.165, 1.54) is 11.3 Å². The minimum atomic E-state index is -1.14. The minimum Gasteiger partial charge on any atom is -0.491 e. The normalized spacial score (nSPS) is 16.2. The van der Waals surface area contributed by atoms with Crippen LogP contribution in [0.3, 0.4) is 0 Å². The minimum absolute atomic E-state index is 0.0527. The van der Waals surface area contributed by atoms with Gasteiger partial charge >= 0.3 is 6.03 Å². The number of carbonyl (C=O) groups is 3. The highest BCUT2D eigenvalue weighted by Gasteiger charge is 2.45. The predicted octanol–water partition coefficient (Wildman–Crippen LogP) is 3.62. The third-order valence-electron chi connectivity index (χ3n) is 5.23. The molecule has 182 valence electrons. The van der Waals surface area contributed by atoms with Crippen molar-refractivity contribution in [3.05, 3.63) is 73.2 Å². The number of hydrogen-bond acceptors (Lipinski definition) is 7. The van der Waals surface area contributed by atoms with Gasteiger partial charge in [0.2, 0.25) is 5.91 Å². The number of amides is 4. The van der Waals surface area contributed by atoms with Gasteiger partial charge in [-0.2, -0.15) is 0 Å². The third-order valence-corrected chi connectivity index (χ3v) is 6.85. The van der Waals surface area contributed by atoms with E-state index >= 15 is 0 Å². The predicted molar refractivity (Wildman–Crippen MR) is 140 cm³/mol. The first-order valence-corrected chi connectivity index (χ1v) is 12.9. The summed E-state index contributed by atoms with van der Waals surface area (Å²) in [5.74, 6) is -0.590. The number of aromatic nitrogens is 1. The molecule has 4 rings (SSSR count). The maximum Gasteiger partial charge on any atom is 0.325 e. The fourth-order valence-electron chi connectivity index (χ4n) is 3.58. The van der Waals surface area contributed by atoms with E-state index < -0.39 is 29.9 Å². The molecule has 1 aromatic heterocycles. The maximum atomic E-state index is 13.4. The third kappa shape index (κ3) is 5.92. The number of nitrogens with one attached hydrogen (secondary N) is 2. The van der Waals surface area contributed by atoms with Crippen molar-refractivity contribution in [1.82, 2.24) is 15.2 Å². The Bertz CT molecular complexity index is 1230. The highest BCUT2D eigenvalue weighted by molar-refractivity contribution is 14.1. The van der Waals surface area contributed by atoms with Crippen LogP contribution in [0.15, 0.2) is 53.4 Å². The summed E-state index contributed by atoms with van der Waals surface area (Å²) in [5.41, 5.74) is 3.12. The Kier molecular flexibility index (Phi) is 8.21. The molecule has 2 aromatic carbocycles. The molecule has 1 fully saturated rings. The van der Waals surface area contributed by atoms with Gasteiger partial charge in [0.15, 0.2) is 0 Å². The summed E-state index contributed by atoms with van der Waals surface area (Å²) in [6, 6.07) is 8.97. The molecule has 9 nitrogen and oxygen atoms in total. The lowest BCUT2D eigenvalue weighted by Crippen LogP contribution is -2.49. The Morgan fingerprint density at radius 2 is 2.06 bits per heavy atom. The standard InChI is InChI=1S/C23H20ClIN4O5S/c24-17-9-14(25)3-6-18(17)27-21(31)19(10-15-11-35-12-26-15)29-22(32)20(28-23(29)33)13-1-4-16(5-2-13)34-8-7-30/h1-6,9,11-12,19-20,30H,7-8,10H2,(H,27,31)(H,28,33). The van der Waals surface area contributed by atoms with Crippen LogP contribution in [-0.4, -0.2) is 52.1 Å². The van der Waals surface area contributed by atoms with Crippen molar-refractivity contribution in [3.8, 4) is 5.75 Å². The molecule has 12 heteroatoms. The number of thiazole rings is 1. The SMILES string of the molecule is O=C(Nc1ccc(I)cc1Cl)C(Cc1cscn1)N1C(=O)NC(c2ccc(OCCO)cc2)C1=O. The average molecular weight is 627 g/mol. The van der Waals surface area contributed by atoms with Crippen molar-refractivity contribution in [2.24, 2.45) is 0 Å².